The topological polar surface area (TPSA) is 58.6 Å². The molecule has 0 radical (unpaired) electrons. The van der Waals surface area contributed by atoms with E-state index in [2.05, 4.69) is 5.32 Å². The number of para-hydroxylation sites is 2. The summed E-state index contributed by atoms with van der Waals surface area (Å²) in [6.07, 6.45) is 1.62. The average Bonchev–Trinajstić information content (AvgIpc) is 2.44. The molecule has 0 saturated carbocycles. The molecule has 0 atom stereocenters. The summed E-state index contributed by atoms with van der Waals surface area (Å²) in [5.41, 5.74) is -0.322. The summed E-state index contributed by atoms with van der Waals surface area (Å²) in [7, 11) is 0. The Morgan fingerprint density at radius 3 is 2.32 bits per heavy atom. The molecule has 1 saturated heterocycles. The van der Waals surface area contributed by atoms with Crippen LogP contribution in [0.25, 0.3) is 0 Å². The summed E-state index contributed by atoms with van der Waals surface area (Å²) >= 11 is 0. The van der Waals surface area contributed by atoms with E-state index in [9.17, 15) is 9.90 Å². The van der Waals surface area contributed by atoms with Crippen molar-refractivity contribution in [1.82, 2.24) is 0 Å². The summed E-state index contributed by atoms with van der Waals surface area (Å²) in [5.74, 6) is 0.100. The third-order valence-electron chi connectivity index (χ3n) is 3.23. The van der Waals surface area contributed by atoms with Crippen molar-refractivity contribution in [3.05, 3.63) is 36.0 Å². The lowest BCUT2D eigenvalue weighted by Gasteiger charge is -2.22. The van der Waals surface area contributed by atoms with Crippen LogP contribution in [0, 0.1) is 0 Å². The van der Waals surface area contributed by atoms with Gasteiger partial charge in [-0.2, -0.15) is 0 Å². The Labute approximate surface area is 113 Å². The number of Topliss-reactive ketones (excluding diaryl/α,β-unsaturated/α-hetero) is 1. The van der Waals surface area contributed by atoms with Crippen molar-refractivity contribution in [2.45, 2.75) is 38.9 Å². The molecule has 0 spiro atoms. The third-order valence-corrected chi connectivity index (χ3v) is 3.23. The van der Waals surface area contributed by atoms with Crippen molar-refractivity contribution in [2.24, 2.45) is 0 Å². The molecule has 102 valence electrons. The number of ketones is 1. The molecule has 1 aliphatic heterocycles. The Bertz CT molecular complexity index is 544. The van der Waals surface area contributed by atoms with Crippen LogP contribution in [0.5, 0.6) is 5.75 Å². The minimum Gasteiger partial charge on any atom is -0.506 e. The number of hydrogen-bond acceptors (Lipinski definition) is 4. The number of benzene rings is 1. The molecule has 1 aliphatic rings. The summed E-state index contributed by atoms with van der Waals surface area (Å²) in [4.78, 5) is 12.3. The van der Waals surface area contributed by atoms with Crippen LogP contribution in [0.3, 0.4) is 0 Å². The molecule has 4 nitrogen and oxygen atoms in total. The van der Waals surface area contributed by atoms with E-state index in [0.717, 1.165) is 0 Å². The van der Waals surface area contributed by atoms with Crippen LogP contribution in [0.1, 0.15) is 27.7 Å². The molecule has 1 aromatic rings. The van der Waals surface area contributed by atoms with Gasteiger partial charge in [0.05, 0.1) is 11.3 Å². The van der Waals surface area contributed by atoms with Crippen LogP contribution in [0.4, 0.5) is 5.69 Å². The van der Waals surface area contributed by atoms with E-state index in [-0.39, 0.29) is 11.5 Å². The zero-order chi connectivity index (χ0) is 14.3. The van der Waals surface area contributed by atoms with Crippen LogP contribution < -0.4 is 5.32 Å². The Hall–Kier alpha value is -1.81. The lowest BCUT2D eigenvalue weighted by Crippen LogP contribution is -2.29. The molecular weight excluding hydrogens is 242 g/mol. The molecule has 0 unspecified atom stereocenters. The molecule has 2 N–H and O–H groups in total. The van der Waals surface area contributed by atoms with E-state index in [0.29, 0.717) is 11.3 Å². The van der Waals surface area contributed by atoms with Gasteiger partial charge in [0.2, 0.25) is 0 Å². The fraction of sp³-hybridized carbons (Fsp3) is 0.400. The van der Waals surface area contributed by atoms with Crippen molar-refractivity contribution >= 4 is 11.5 Å². The van der Waals surface area contributed by atoms with Gasteiger partial charge in [-0.05, 0) is 39.8 Å². The van der Waals surface area contributed by atoms with Gasteiger partial charge in [-0.15, -0.1) is 0 Å². The molecule has 0 bridgehead atoms. The molecular formula is C15H19NO3. The summed E-state index contributed by atoms with van der Waals surface area (Å²) in [6.45, 7) is 7.24. The first-order chi connectivity index (χ1) is 8.74. The molecule has 19 heavy (non-hydrogen) atoms. The number of carbonyl (C=O) groups excluding carboxylic acids is 1. The van der Waals surface area contributed by atoms with Crippen LogP contribution >= 0.6 is 0 Å². The van der Waals surface area contributed by atoms with Crippen molar-refractivity contribution in [1.29, 1.82) is 0 Å². The lowest BCUT2D eigenvalue weighted by molar-refractivity contribution is -0.132. The number of anilines is 1. The maximum Gasteiger partial charge on any atom is 0.194 e. The highest BCUT2D eigenvalue weighted by Gasteiger charge is 2.49. The molecule has 2 rings (SSSR count). The fourth-order valence-corrected chi connectivity index (χ4v) is 2.32. The van der Waals surface area contributed by atoms with Gasteiger partial charge in [0.25, 0.3) is 0 Å². The van der Waals surface area contributed by atoms with Crippen molar-refractivity contribution in [3.8, 4) is 5.75 Å². The second kappa shape index (κ2) is 4.38. The first-order valence-corrected chi connectivity index (χ1v) is 6.24. The first-order valence-electron chi connectivity index (χ1n) is 6.24. The standard InChI is InChI=1S/C15H19NO3/c1-14(2)10(13(18)15(3,4)19-14)9-16-11-7-5-6-8-12(11)17/h5-9,16-17H,1-4H3/b10-9+. The largest absolute Gasteiger partial charge is 0.506 e. The summed E-state index contributed by atoms with van der Waals surface area (Å²) < 4.78 is 5.76. The predicted octanol–water partition coefficient (Wildman–Crippen LogP) is 2.84. The molecule has 1 heterocycles. The normalized spacial score (nSPS) is 22.7. The van der Waals surface area contributed by atoms with Gasteiger partial charge in [-0.3, -0.25) is 4.79 Å². The Morgan fingerprint density at radius 2 is 1.79 bits per heavy atom. The van der Waals surface area contributed by atoms with Crippen LogP contribution in [0.15, 0.2) is 36.0 Å². The first kappa shape index (κ1) is 13.6. The van der Waals surface area contributed by atoms with Gasteiger partial charge in [-0.25, -0.2) is 0 Å². The van der Waals surface area contributed by atoms with Crippen LogP contribution in [-0.4, -0.2) is 22.1 Å². The number of hydrogen-bond donors (Lipinski definition) is 2. The number of ether oxygens (including phenoxy) is 1. The fourth-order valence-electron chi connectivity index (χ4n) is 2.32. The lowest BCUT2D eigenvalue weighted by atomic mass is 9.93. The molecule has 0 amide bonds. The number of phenolic OH excluding ortho intramolecular Hbond substituents is 1. The number of nitrogens with one attached hydrogen (secondary N) is 1. The van der Waals surface area contributed by atoms with E-state index in [1.54, 1.807) is 38.2 Å². The molecule has 4 heteroatoms. The third kappa shape index (κ3) is 2.49. The molecule has 0 aromatic heterocycles. The van der Waals surface area contributed by atoms with Gasteiger partial charge in [0, 0.05) is 11.8 Å². The second-order valence-corrected chi connectivity index (χ2v) is 5.67. The second-order valence-electron chi connectivity index (χ2n) is 5.67. The monoisotopic (exact) mass is 261 g/mol. The molecule has 1 fully saturated rings. The average molecular weight is 261 g/mol. The van der Waals surface area contributed by atoms with E-state index in [1.165, 1.54) is 0 Å². The van der Waals surface area contributed by atoms with Crippen LogP contribution in [0.2, 0.25) is 0 Å². The Balaban J connectivity index is 2.29. The minimum atomic E-state index is -0.810. The Morgan fingerprint density at radius 1 is 1.16 bits per heavy atom. The maximum atomic E-state index is 12.3. The number of aromatic hydroxyl groups is 1. The summed E-state index contributed by atoms with van der Waals surface area (Å²) in [6, 6.07) is 6.88. The maximum absolute atomic E-state index is 12.3. The van der Waals surface area contributed by atoms with Gasteiger partial charge in [0.1, 0.15) is 11.4 Å². The van der Waals surface area contributed by atoms with Gasteiger partial charge in [0.15, 0.2) is 5.78 Å². The molecule has 0 aliphatic carbocycles. The number of rotatable bonds is 2. The predicted molar refractivity (Wildman–Crippen MR) is 74.1 cm³/mol. The van der Waals surface area contributed by atoms with E-state index in [4.69, 9.17) is 4.74 Å². The highest BCUT2D eigenvalue weighted by molar-refractivity contribution is 6.05. The van der Waals surface area contributed by atoms with E-state index >= 15 is 0 Å². The zero-order valence-corrected chi connectivity index (χ0v) is 11.7. The number of phenols is 1. The minimum absolute atomic E-state index is 0.0413. The van der Waals surface area contributed by atoms with Crippen LogP contribution in [-0.2, 0) is 9.53 Å². The highest BCUT2D eigenvalue weighted by atomic mass is 16.5. The van der Waals surface area contributed by atoms with E-state index in [1.807, 2.05) is 19.9 Å². The van der Waals surface area contributed by atoms with Crippen molar-refractivity contribution < 1.29 is 14.6 Å². The van der Waals surface area contributed by atoms with Gasteiger partial charge in [-0.1, -0.05) is 12.1 Å². The summed E-state index contributed by atoms with van der Waals surface area (Å²) in [5, 5.41) is 12.6. The highest BCUT2D eigenvalue weighted by Crippen LogP contribution is 2.38. The van der Waals surface area contributed by atoms with E-state index < -0.39 is 11.2 Å². The number of carbonyl (C=O) groups is 1. The van der Waals surface area contributed by atoms with Crippen molar-refractivity contribution in [3.63, 3.8) is 0 Å². The van der Waals surface area contributed by atoms with Gasteiger partial charge >= 0.3 is 0 Å². The Kier molecular flexibility index (Phi) is 3.14. The quantitative estimate of drug-likeness (QED) is 0.635. The van der Waals surface area contributed by atoms with Crippen molar-refractivity contribution in [2.75, 3.05) is 5.32 Å². The van der Waals surface area contributed by atoms with Gasteiger partial charge < -0.3 is 15.2 Å². The zero-order valence-electron chi connectivity index (χ0n) is 11.7. The SMILES string of the molecule is CC1(C)OC(C)(C)/C(=C/Nc2ccccc2O)C1=O. The molecule has 1 aromatic carbocycles. The smallest absolute Gasteiger partial charge is 0.194 e.